The summed E-state index contributed by atoms with van der Waals surface area (Å²) in [7, 11) is 5.13. The third-order valence-electron chi connectivity index (χ3n) is 2.58. The Hall–Kier alpha value is -0.860. The maximum atomic E-state index is 5.12. The Labute approximate surface area is 138 Å². The zero-order chi connectivity index (χ0) is 13.9. The van der Waals surface area contributed by atoms with Crippen molar-refractivity contribution in [3.63, 3.8) is 0 Å². The van der Waals surface area contributed by atoms with Crippen molar-refractivity contribution in [2.24, 2.45) is 4.99 Å². The lowest BCUT2D eigenvalue weighted by Crippen LogP contribution is -2.38. The third kappa shape index (κ3) is 7.66. The SMILES string of the molecule is CN=C(NCCOC)NCc1cccc(COC)c1.I. The van der Waals surface area contributed by atoms with Crippen LogP contribution in [0, 0.1) is 0 Å². The molecule has 0 spiro atoms. The van der Waals surface area contributed by atoms with Crippen LogP contribution in [0.25, 0.3) is 0 Å². The third-order valence-corrected chi connectivity index (χ3v) is 2.58. The Balaban J connectivity index is 0.00000361. The van der Waals surface area contributed by atoms with Crippen LogP contribution in [-0.4, -0.2) is 40.4 Å². The fraction of sp³-hybridized carbons (Fsp3) is 0.500. The maximum Gasteiger partial charge on any atom is 0.191 e. The van der Waals surface area contributed by atoms with Crippen LogP contribution in [-0.2, 0) is 22.6 Å². The lowest BCUT2D eigenvalue weighted by Gasteiger charge is -2.12. The van der Waals surface area contributed by atoms with Gasteiger partial charge < -0.3 is 20.1 Å². The van der Waals surface area contributed by atoms with Crippen LogP contribution in [0.1, 0.15) is 11.1 Å². The van der Waals surface area contributed by atoms with Crippen LogP contribution in [0.15, 0.2) is 29.3 Å². The van der Waals surface area contributed by atoms with Gasteiger partial charge in [0.2, 0.25) is 0 Å². The summed E-state index contributed by atoms with van der Waals surface area (Å²) in [4.78, 5) is 4.15. The molecular weight excluding hydrogens is 369 g/mol. The molecule has 0 aliphatic rings. The van der Waals surface area contributed by atoms with Gasteiger partial charge in [-0.05, 0) is 11.1 Å². The first-order chi connectivity index (χ1) is 9.30. The number of halogens is 1. The molecule has 0 bridgehead atoms. The second kappa shape index (κ2) is 11.9. The predicted octanol–water partition coefficient (Wildman–Crippen LogP) is 1.76. The first-order valence-electron chi connectivity index (χ1n) is 6.30. The Morgan fingerprint density at radius 2 is 1.90 bits per heavy atom. The molecule has 0 fully saturated rings. The van der Waals surface area contributed by atoms with Crippen molar-refractivity contribution in [3.8, 4) is 0 Å². The summed E-state index contributed by atoms with van der Waals surface area (Å²) >= 11 is 0. The minimum Gasteiger partial charge on any atom is -0.383 e. The highest BCUT2D eigenvalue weighted by Gasteiger charge is 1.99. The molecule has 1 rings (SSSR count). The van der Waals surface area contributed by atoms with Crippen molar-refractivity contribution < 1.29 is 9.47 Å². The van der Waals surface area contributed by atoms with E-state index in [2.05, 4.69) is 33.8 Å². The summed E-state index contributed by atoms with van der Waals surface area (Å²) in [5.74, 6) is 0.772. The van der Waals surface area contributed by atoms with Gasteiger partial charge in [-0.3, -0.25) is 4.99 Å². The molecule has 5 nitrogen and oxygen atoms in total. The van der Waals surface area contributed by atoms with E-state index >= 15 is 0 Å². The zero-order valence-corrected chi connectivity index (χ0v) is 14.6. The van der Waals surface area contributed by atoms with Gasteiger partial charge in [-0.15, -0.1) is 24.0 Å². The first kappa shape index (κ1) is 19.1. The van der Waals surface area contributed by atoms with E-state index in [1.165, 1.54) is 11.1 Å². The van der Waals surface area contributed by atoms with Gasteiger partial charge in [0.25, 0.3) is 0 Å². The molecule has 0 atom stereocenters. The van der Waals surface area contributed by atoms with Crippen molar-refractivity contribution in [2.75, 3.05) is 34.4 Å². The summed E-state index contributed by atoms with van der Waals surface area (Å²) in [6, 6.07) is 8.29. The molecule has 0 aliphatic heterocycles. The van der Waals surface area contributed by atoms with Gasteiger partial charge in [-0.2, -0.15) is 0 Å². The van der Waals surface area contributed by atoms with Gasteiger partial charge >= 0.3 is 0 Å². The monoisotopic (exact) mass is 393 g/mol. The number of hydrogen-bond donors (Lipinski definition) is 2. The molecular formula is C14H24IN3O2. The number of rotatable bonds is 7. The van der Waals surface area contributed by atoms with Gasteiger partial charge in [-0.1, -0.05) is 24.3 Å². The van der Waals surface area contributed by atoms with Crippen molar-refractivity contribution in [3.05, 3.63) is 35.4 Å². The highest BCUT2D eigenvalue weighted by Crippen LogP contribution is 2.06. The number of nitrogens with one attached hydrogen (secondary N) is 2. The normalized spacial score (nSPS) is 10.8. The molecule has 0 aliphatic carbocycles. The van der Waals surface area contributed by atoms with Gasteiger partial charge in [0.05, 0.1) is 13.2 Å². The van der Waals surface area contributed by atoms with Gasteiger partial charge in [0.1, 0.15) is 0 Å². The number of methoxy groups -OCH3 is 2. The first-order valence-corrected chi connectivity index (χ1v) is 6.30. The van der Waals surface area contributed by atoms with E-state index in [0.29, 0.717) is 13.2 Å². The van der Waals surface area contributed by atoms with Gasteiger partial charge in [-0.25, -0.2) is 0 Å². The van der Waals surface area contributed by atoms with Crippen LogP contribution >= 0.6 is 24.0 Å². The molecule has 1 aromatic rings. The minimum atomic E-state index is 0. The highest BCUT2D eigenvalue weighted by molar-refractivity contribution is 14.0. The van der Waals surface area contributed by atoms with E-state index < -0.39 is 0 Å². The summed E-state index contributed by atoms with van der Waals surface area (Å²) in [6.45, 7) is 2.75. The molecule has 0 amide bonds. The molecule has 0 heterocycles. The summed E-state index contributed by atoms with van der Waals surface area (Å²) < 4.78 is 10.1. The second-order valence-electron chi connectivity index (χ2n) is 4.10. The molecule has 0 saturated carbocycles. The van der Waals surface area contributed by atoms with E-state index in [1.54, 1.807) is 21.3 Å². The smallest absolute Gasteiger partial charge is 0.191 e. The van der Waals surface area contributed by atoms with Crippen LogP contribution in [0.2, 0.25) is 0 Å². The predicted molar refractivity (Wildman–Crippen MR) is 92.6 cm³/mol. The topological polar surface area (TPSA) is 54.9 Å². The second-order valence-corrected chi connectivity index (χ2v) is 4.10. The molecule has 20 heavy (non-hydrogen) atoms. The van der Waals surface area contributed by atoms with Crippen LogP contribution in [0.3, 0.4) is 0 Å². The molecule has 1 aromatic carbocycles. The average molecular weight is 393 g/mol. The number of guanidine groups is 1. The lowest BCUT2D eigenvalue weighted by atomic mass is 10.1. The minimum absolute atomic E-state index is 0. The van der Waals surface area contributed by atoms with E-state index in [-0.39, 0.29) is 24.0 Å². The van der Waals surface area contributed by atoms with Crippen molar-refractivity contribution in [2.45, 2.75) is 13.2 Å². The maximum absolute atomic E-state index is 5.12. The largest absolute Gasteiger partial charge is 0.383 e. The Morgan fingerprint density at radius 3 is 2.55 bits per heavy atom. The fourth-order valence-electron chi connectivity index (χ4n) is 1.67. The van der Waals surface area contributed by atoms with Crippen molar-refractivity contribution in [1.82, 2.24) is 10.6 Å². The molecule has 0 unspecified atom stereocenters. The van der Waals surface area contributed by atoms with Gasteiger partial charge in [0.15, 0.2) is 5.96 Å². The van der Waals surface area contributed by atoms with Crippen LogP contribution in [0.5, 0.6) is 0 Å². The van der Waals surface area contributed by atoms with Crippen molar-refractivity contribution >= 4 is 29.9 Å². The zero-order valence-electron chi connectivity index (χ0n) is 12.3. The van der Waals surface area contributed by atoms with E-state index in [4.69, 9.17) is 9.47 Å². The number of aliphatic imine (C=N–C) groups is 1. The van der Waals surface area contributed by atoms with Crippen LogP contribution < -0.4 is 10.6 Å². The summed E-state index contributed by atoms with van der Waals surface area (Å²) in [5, 5.41) is 6.43. The van der Waals surface area contributed by atoms with Crippen molar-refractivity contribution in [1.29, 1.82) is 0 Å². The number of ether oxygens (including phenoxy) is 2. The molecule has 0 radical (unpaired) electrons. The molecule has 2 N–H and O–H groups in total. The van der Waals surface area contributed by atoms with E-state index in [1.807, 2.05) is 6.07 Å². The Kier molecular flexibility index (Phi) is 11.4. The molecule has 6 heteroatoms. The standard InChI is InChI=1S/C14H23N3O2.HI/c1-15-14(16-7-8-18-2)17-10-12-5-4-6-13(9-12)11-19-3;/h4-6,9H,7-8,10-11H2,1-3H3,(H2,15,16,17);1H. The quantitative estimate of drug-likeness (QED) is 0.321. The molecule has 0 saturated heterocycles. The summed E-state index contributed by atoms with van der Waals surface area (Å²) in [5.41, 5.74) is 2.37. The van der Waals surface area contributed by atoms with E-state index in [0.717, 1.165) is 19.0 Å². The average Bonchev–Trinajstić information content (AvgIpc) is 2.43. The highest BCUT2D eigenvalue weighted by atomic mass is 127. The lowest BCUT2D eigenvalue weighted by molar-refractivity contribution is 0.185. The Morgan fingerprint density at radius 1 is 1.15 bits per heavy atom. The molecule has 114 valence electrons. The van der Waals surface area contributed by atoms with E-state index in [9.17, 15) is 0 Å². The number of hydrogen-bond acceptors (Lipinski definition) is 3. The number of benzene rings is 1. The molecule has 0 aromatic heterocycles. The van der Waals surface area contributed by atoms with Crippen LogP contribution in [0.4, 0.5) is 0 Å². The number of nitrogens with zero attached hydrogens (tertiary/aromatic N) is 1. The summed E-state index contributed by atoms with van der Waals surface area (Å²) in [6.07, 6.45) is 0. The Bertz CT molecular complexity index is 400. The van der Waals surface area contributed by atoms with Gasteiger partial charge in [0, 0.05) is 34.4 Å². The fourth-order valence-corrected chi connectivity index (χ4v) is 1.67.